The number of methoxy groups -OCH3 is 1. The Morgan fingerprint density at radius 1 is 1.42 bits per heavy atom. The number of rotatable bonds is 4. The van der Waals surface area contributed by atoms with Gasteiger partial charge in [0, 0.05) is 24.5 Å². The molecule has 1 unspecified atom stereocenters. The van der Waals surface area contributed by atoms with Crippen LogP contribution in [0.2, 0.25) is 0 Å². The third kappa shape index (κ3) is 3.11. The number of hydrogen-bond acceptors (Lipinski definition) is 4. The number of carbonyl (C=O) groups is 1. The molecular formula is C13H16N4O2. The lowest BCUT2D eigenvalue weighted by molar-refractivity contribution is -0.117. The van der Waals surface area contributed by atoms with E-state index >= 15 is 0 Å². The number of aryl methyl sites for hydroxylation is 1. The van der Waals surface area contributed by atoms with E-state index in [9.17, 15) is 4.79 Å². The summed E-state index contributed by atoms with van der Waals surface area (Å²) in [6.07, 6.45) is 3.30. The summed E-state index contributed by atoms with van der Waals surface area (Å²) in [7, 11) is 3.36. The molecule has 0 saturated carbocycles. The smallest absolute Gasteiger partial charge is 0.246 e. The average Bonchev–Trinajstić information content (AvgIpc) is 2.85. The Bertz CT molecular complexity index is 562. The summed E-state index contributed by atoms with van der Waals surface area (Å²) in [5.41, 5.74) is 7.21. The van der Waals surface area contributed by atoms with Crippen molar-refractivity contribution in [3.8, 4) is 5.75 Å². The fraction of sp³-hybridized carbons (Fsp3) is 0.231. The minimum Gasteiger partial charge on any atom is -0.497 e. The first-order valence-electron chi connectivity index (χ1n) is 5.79. The Balaban J connectivity index is 2.03. The van der Waals surface area contributed by atoms with Crippen molar-refractivity contribution in [2.45, 2.75) is 6.04 Å². The molecule has 0 aliphatic carbocycles. The third-order valence-corrected chi connectivity index (χ3v) is 2.72. The molecular weight excluding hydrogens is 244 g/mol. The Kier molecular flexibility index (Phi) is 3.82. The number of amides is 1. The highest BCUT2D eigenvalue weighted by atomic mass is 16.5. The van der Waals surface area contributed by atoms with E-state index in [0.717, 1.165) is 5.75 Å². The van der Waals surface area contributed by atoms with E-state index in [0.29, 0.717) is 11.3 Å². The molecule has 0 aliphatic rings. The third-order valence-electron chi connectivity index (χ3n) is 2.72. The summed E-state index contributed by atoms with van der Waals surface area (Å²) < 4.78 is 6.65. The molecule has 0 spiro atoms. The largest absolute Gasteiger partial charge is 0.497 e. The minimum atomic E-state index is -0.740. The number of nitrogens with zero attached hydrogens (tertiary/aromatic N) is 2. The van der Waals surface area contributed by atoms with Gasteiger partial charge in [-0.25, -0.2) is 0 Å². The van der Waals surface area contributed by atoms with Crippen molar-refractivity contribution in [1.29, 1.82) is 0 Å². The van der Waals surface area contributed by atoms with Crippen LogP contribution in [0.3, 0.4) is 0 Å². The summed E-state index contributed by atoms with van der Waals surface area (Å²) in [5.74, 6) is 0.452. The summed E-state index contributed by atoms with van der Waals surface area (Å²) in [4.78, 5) is 12.0. The van der Waals surface area contributed by atoms with Crippen LogP contribution in [-0.4, -0.2) is 22.8 Å². The van der Waals surface area contributed by atoms with Crippen LogP contribution in [0.15, 0.2) is 36.7 Å². The first-order chi connectivity index (χ1) is 9.10. The fourth-order valence-corrected chi connectivity index (χ4v) is 1.65. The van der Waals surface area contributed by atoms with E-state index in [1.165, 1.54) is 0 Å². The standard InChI is InChI=1S/C13H16N4O2/c1-17-8-9(7-15-17)12(14)13(18)16-10-3-5-11(19-2)6-4-10/h3-8,12H,14H2,1-2H3,(H,16,18). The maximum absolute atomic E-state index is 12.0. The Labute approximate surface area is 111 Å². The molecule has 1 aromatic carbocycles. The molecule has 0 fully saturated rings. The first kappa shape index (κ1) is 13.1. The van der Waals surface area contributed by atoms with Gasteiger partial charge in [-0.2, -0.15) is 5.10 Å². The number of ether oxygens (including phenoxy) is 1. The predicted octanol–water partition coefficient (Wildman–Crippen LogP) is 1.07. The van der Waals surface area contributed by atoms with Gasteiger partial charge in [-0.15, -0.1) is 0 Å². The molecule has 1 atom stereocenters. The quantitative estimate of drug-likeness (QED) is 0.861. The number of nitrogens with one attached hydrogen (secondary N) is 1. The van der Waals surface area contributed by atoms with Gasteiger partial charge in [0.25, 0.3) is 0 Å². The van der Waals surface area contributed by atoms with E-state index < -0.39 is 6.04 Å². The number of aromatic nitrogens is 2. The highest BCUT2D eigenvalue weighted by Gasteiger charge is 2.17. The summed E-state index contributed by atoms with van der Waals surface area (Å²) in [6, 6.07) is 6.31. The molecule has 100 valence electrons. The topological polar surface area (TPSA) is 82.2 Å². The van der Waals surface area contributed by atoms with E-state index in [4.69, 9.17) is 10.5 Å². The van der Waals surface area contributed by atoms with E-state index in [2.05, 4.69) is 10.4 Å². The highest BCUT2D eigenvalue weighted by molar-refractivity contribution is 5.95. The van der Waals surface area contributed by atoms with Gasteiger partial charge in [0.2, 0.25) is 5.91 Å². The van der Waals surface area contributed by atoms with Gasteiger partial charge in [-0.05, 0) is 24.3 Å². The predicted molar refractivity (Wildman–Crippen MR) is 71.8 cm³/mol. The number of nitrogens with two attached hydrogens (primary N) is 1. The molecule has 0 radical (unpaired) electrons. The first-order valence-corrected chi connectivity index (χ1v) is 5.79. The SMILES string of the molecule is COc1ccc(NC(=O)C(N)c2cnn(C)c2)cc1. The zero-order valence-corrected chi connectivity index (χ0v) is 10.8. The van der Waals surface area contributed by atoms with Crippen LogP contribution >= 0.6 is 0 Å². The van der Waals surface area contributed by atoms with Gasteiger partial charge in [-0.3, -0.25) is 9.48 Å². The van der Waals surface area contributed by atoms with Gasteiger partial charge < -0.3 is 15.8 Å². The molecule has 3 N–H and O–H groups in total. The Hall–Kier alpha value is -2.34. The molecule has 0 bridgehead atoms. The van der Waals surface area contributed by atoms with Gasteiger partial charge in [-0.1, -0.05) is 0 Å². The van der Waals surface area contributed by atoms with Crippen LogP contribution in [0, 0.1) is 0 Å². The molecule has 1 aromatic heterocycles. The summed E-state index contributed by atoms with van der Waals surface area (Å²) in [5, 5.41) is 6.73. The zero-order chi connectivity index (χ0) is 13.8. The van der Waals surface area contributed by atoms with Crippen molar-refractivity contribution >= 4 is 11.6 Å². The number of benzene rings is 1. The van der Waals surface area contributed by atoms with Gasteiger partial charge in [0.1, 0.15) is 11.8 Å². The van der Waals surface area contributed by atoms with Gasteiger partial charge >= 0.3 is 0 Å². The lowest BCUT2D eigenvalue weighted by Crippen LogP contribution is -2.27. The van der Waals surface area contributed by atoms with Crippen LogP contribution < -0.4 is 15.8 Å². The molecule has 1 amide bonds. The van der Waals surface area contributed by atoms with Gasteiger partial charge in [0.15, 0.2) is 0 Å². The van der Waals surface area contributed by atoms with Crippen LogP contribution in [0.1, 0.15) is 11.6 Å². The van der Waals surface area contributed by atoms with Crippen molar-refractivity contribution in [2.75, 3.05) is 12.4 Å². The van der Waals surface area contributed by atoms with Crippen molar-refractivity contribution < 1.29 is 9.53 Å². The molecule has 2 aromatic rings. The average molecular weight is 260 g/mol. The monoisotopic (exact) mass is 260 g/mol. The lowest BCUT2D eigenvalue weighted by Gasteiger charge is -2.11. The van der Waals surface area contributed by atoms with Crippen LogP contribution in [0.25, 0.3) is 0 Å². The molecule has 6 nitrogen and oxygen atoms in total. The Morgan fingerprint density at radius 3 is 2.63 bits per heavy atom. The number of hydrogen-bond donors (Lipinski definition) is 2. The molecule has 0 saturated heterocycles. The maximum Gasteiger partial charge on any atom is 0.246 e. The second kappa shape index (κ2) is 5.53. The van der Waals surface area contributed by atoms with E-state index in [1.54, 1.807) is 55.5 Å². The zero-order valence-electron chi connectivity index (χ0n) is 10.8. The number of anilines is 1. The van der Waals surface area contributed by atoms with E-state index in [1.807, 2.05) is 0 Å². The molecule has 2 rings (SSSR count). The normalized spacial score (nSPS) is 11.9. The summed E-state index contributed by atoms with van der Waals surface area (Å²) in [6.45, 7) is 0. The second-order valence-electron chi connectivity index (χ2n) is 4.14. The van der Waals surface area contributed by atoms with Crippen molar-refractivity contribution in [3.63, 3.8) is 0 Å². The lowest BCUT2D eigenvalue weighted by atomic mass is 10.1. The molecule has 6 heteroatoms. The van der Waals surface area contributed by atoms with Crippen LogP contribution in [-0.2, 0) is 11.8 Å². The highest BCUT2D eigenvalue weighted by Crippen LogP contribution is 2.17. The molecule has 19 heavy (non-hydrogen) atoms. The maximum atomic E-state index is 12.0. The minimum absolute atomic E-state index is 0.279. The van der Waals surface area contributed by atoms with Crippen LogP contribution in [0.5, 0.6) is 5.75 Å². The van der Waals surface area contributed by atoms with Crippen molar-refractivity contribution in [1.82, 2.24) is 9.78 Å². The fourth-order valence-electron chi connectivity index (χ4n) is 1.65. The Morgan fingerprint density at radius 2 is 2.11 bits per heavy atom. The van der Waals surface area contributed by atoms with Crippen molar-refractivity contribution in [3.05, 3.63) is 42.2 Å². The van der Waals surface area contributed by atoms with Gasteiger partial charge in [0.05, 0.1) is 13.3 Å². The summed E-state index contributed by atoms with van der Waals surface area (Å²) >= 11 is 0. The van der Waals surface area contributed by atoms with Crippen molar-refractivity contribution in [2.24, 2.45) is 12.8 Å². The number of carbonyl (C=O) groups excluding carboxylic acids is 1. The molecule has 0 aliphatic heterocycles. The van der Waals surface area contributed by atoms with E-state index in [-0.39, 0.29) is 5.91 Å². The molecule has 1 heterocycles. The second-order valence-corrected chi connectivity index (χ2v) is 4.14. The van der Waals surface area contributed by atoms with Crippen LogP contribution in [0.4, 0.5) is 5.69 Å².